The summed E-state index contributed by atoms with van der Waals surface area (Å²) in [6, 6.07) is 14.7. The van der Waals surface area contributed by atoms with Gasteiger partial charge in [-0.1, -0.05) is 6.58 Å². The van der Waals surface area contributed by atoms with E-state index in [0.29, 0.717) is 48.2 Å². The van der Waals surface area contributed by atoms with Crippen molar-refractivity contribution >= 4 is 17.5 Å². The van der Waals surface area contributed by atoms with Crippen molar-refractivity contribution in [2.45, 2.75) is 26.8 Å². The Morgan fingerprint density at radius 2 is 1.79 bits per heavy atom. The minimum absolute atomic E-state index is 0.165. The molecule has 0 atom stereocenters. The molecular weight excluding hydrogens is 428 g/mol. The van der Waals surface area contributed by atoms with Gasteiger partial charge in [0.25, 0.3) is 0 Å². The fraction of sp³-hybridized carbons (Fsp3) is 0.192. The fourth-order valence-electron chi connectivity index (χ4n) is 3.87. The maximum absolute atomic E-state index is 12.2. The second-order valence-electron chi connectivity index (χ2n) is 7.96. The van der Waals surface area contributed by atoms with Crippen LogP contribution in [0.1, 0.15) is 33.5 Å². The van der Waals surface area contributed by atoms with E-state index in [4.69, 9.17) is 10.00 Å². The molecule has 0 fully saturated rings. The van der Waals surface area contributed by atoms with Crippen LogP contribution in [-0.4, -0.2) is 27.3 Å². The number of hydrogen-bond donors (Lipinski definition) is 1. The van der Waals surface area contributed by atoms with E-state index in [-0.39, 0.29) is 5.91 Å². The number of nitriles is 2. The topological polar surface area (TPSA) is 115 Å². The Kier molecular flexibility index (Phi) is 6.24. The van der Waals surface area contributed by atoms with Gasteiger partial charge >= 0.3 is 0 Å². The lowest BCUT2D eigenvalue weighted by molar-refractivity contribution is -0.126. The fourth-order valence-corrected chi connectivity index (χ4v) is 3.87. The monoisotopic (exact) mass is 450 g/mol. The van der Waals surface area contributed by atoms with Crippen molar-refractivity contribution in [2.24, 2.45) is 0 Å². The number of carbonyl (C=O) groups is 1. The molecule has 3 aromatic rings. The summed E-state index contributed by atoms with van der Waals surface area (Å²) < 4.78 is 6.31. The molecule has 1 amide bonds. The van der Waals surface area contributed by atoms with Crippen LogP contribution < -0.4 is 10.1 Å². The summed E-state index contributed by atoms with van der Waals surface area (Å²) in [5.74, 6) is 1.14. The van der Waals surface area contributed by atoms with E-state index >= 15 is 0 Å². The van der Waals surface area contributed by atoms with Crippen molar-refractivity contribution in [1.29, 1.82) is 10.5 Å². The smallest absolute Gasteiger partial charge is 0.246 e. The van der Waals surface area contributed by atoms with Gasteiger partial charge in [-0.3, -0.25) is 4.79 Å². The Morgan fingerprint density at radius 1 is 1.12 bits per heavy atom. The van der Waals surface area contributed by atoms with Gasteiger partial charge in [0.1, 0.15) is 5.75 Å². The molecule has 0 bridgehead atoms. The highest BCUT2D eigenvalue weighted by molar-refractivity contribution is 5.87. The summed E-state index contributed by atoms with van der Waals surface area (Å²) in [5, 5.41) is 21.4. The summed E-state index contributed by atoms with van der Waals surface area (Å²) in [7, 11) is 0. The van der Waals surface area contributed by atoms with E-state index < -0.39 is 0 Å². The molecule has 0 unspecified atom stereocenters. The lowest BCUT2D eigenvalue weighted by Crippen LogP contribution is -2.35. The molecule has 1 aliphatic rings. The lowest BCUT2D eigenvalue weighted by Gasteiger charge is -2.28. The van der Waals surface area contributed by atoms with Crippen LogP contribution in [0.5, 0.6) is 11.6 Å². The van der Waals surface area contributed by atoms with Gasteiger partial charge in [0.05, 0.1) is 41.1 Å². The summed E-state index contributed by atoms with van der Waals surface area (Å²) in [6.45, 7) is 8.16. The zero-order valence-corrected chi connectivity index (χ0v) is 18.9. The molecule has 1 aromatic heterocycles. The first kappa shape index (κ1) is 22.5. The van der Waals surface area contributed by atoms with Crippen LogP contribution in [0.15, 0.2) is 49.1 Å². The van der Waals surface area contributed by atoms with Crippen molar-refractivity contribution < 1.29 is 9.53 Å². The maximum Gasteiger partial charge on any atom is 0.246 e. The third-order valence-electron chi connectivity index (χ3n) is 5.57. The highest BCUT2D eigenvalue weighted by Crippen LogP contribution is 2.34. The van der Waals surface area contributed by atoms with Gasteiger partial charge in [-0.15, -0.1) is 0 Å². The van der Waals surface area contributed by atoms with Gasteiger partial charge < -0.3 is 15.0 Å². The van der Waals surface area contributed by atoms with Crippen molar-refractivity contribution in [1.82, 2.24) is 14.9 Å². The standard InChI is InChI=1S/C26H22N6O2/c1-4-23(33)32-10-9-22-21(15-32)25(34-24-16(2)11-19(14-28)12-17(24)3)31-26(30-22)29-20-7-5-18(13-27)6-8-20/h4-8,11-12H,1,9-10,15H2,2-3H3,(H,29,30,31). The Bertz CT molecular complexity index is 1340. The van der Waals surface area contributed by atoms with Crippen molar-refractivity contribution in [3.05, 3.63) is 82.6 Å². The molecule has 2 aromatic carbocycles. The molecule has 2 heterocycles. The predicted octanol–water partition coefficient (Wildman–Crippen LogP) is 4.44. The molecule has 0 saturated carbocycles. The van der Waals surface area contributed by atoms with E-state index in [1.165, 1.54) is 6.08 Å². The van der Waals surface area contributed by atoms with Gasteiger partial charge in [0, 0.05) is 18.7 Å². The zero-order chi connectivity index (χ0) is 24.2. The number of aryl methyl sites for hydroxylation is 2. The van der Waals surface area contributed by atoms with Crippen LogP contribution in [-0.2, 0) is 17.8 Å². The predicted molar refractivity (Wildman–Crippen MR) is 126 cm³/mol. The largest absolute Gasteiger partial charge is 0.438 e. The Labute approximate surface area is 197 Å². The van der Waals surface area contributed by atoms with E-state index in [2.05, 4.69) is 34.0 Å². The zero-order valence-electron chi connectivity index (χ0n) is 18.9. The summed E-state index contributed by atoms with van der Waals surface area (Å²) in [5.41, 5.74) is 4.97. The Hall–Kier alpha value is -4.69. The third-order valence-corrected chi connectivity index (χ3v) is 5.57. The van der Waals surface area contributed by atoms with E-state index in [1.54, 1.807) is 41.3 Å². The number of nitrogens with zero attached hydrogens (tertiary/aromatic N) is 5. The SMILES string of the molecule is C=CC(=O)N1CCc2nc(Nc3ccc(C#N)cc3)nc(Oc3c(C)cc(C#N)cc3C)c2C1. The van der Waals surface area contributed by atoms with E-state index in [0.717, 1.165) is 28.1 Å². The van der Waals surface area contributed by atoms with Crippen LogP contribution >= 0.6 is 0 Å². The second-order valence-corrected chi connectivity index (χ2v) is 7.96. The minimum atomic E-state index is -0.165. The van der Waals surface area contributed by atoms with Crippen LogP contribution in [0.3, 0.4) is 0 Å². The van der Waals surface area contributed by atoms with Crippen molar-refractivity contribution in [2.75, 3.05) is 11.9 Å². The molecule has 0 spiro atoms. The molecule has 8 nitrogen and oxygen atoms in total. The number of anilines is 2. The summed E-state index contributed by atoms with van der Waals surface area (Å²) in [4.78, 5) is 23.2. The highest BCUT2D eigenvalue weighted by Gasteiger charge is 2.26. The number of carbonyl (C=O) groups excluding carboxylic acids is 1. The number of amides is 1. The van der Waals surface area contributed by atoms with Crippen LogP contribution in [0.25, 0.3) is 0 Å². The van der Waals surface area contributed by atoms with Crippen LogP contribution in [0, 0.1) is 36.5 Å². The van der Waals surface area contributed by atoms with E-state index in [9.17, 15) is 10.1 Å². The lowest BCUT2D eigenvalue weighted by atomic mass is 10.1. The molecule has 0 saturated heterocycles. The van der Waals surface area contributed by atoms with Gasteiger partial charge in [-0.05, 0) is 67.4 Å². The number of aromatic nitrogens is 2. The maximum atomic E-state index is 12.2. The van der Waals surface area contributed by atoms with Gasteiger partial charge in [0.2, 0.25) is 17.7 Å². The van der Waals surface area contributed by atoms with Crippen LogP contribution in [0.2, 0.25) is 0 Å². The molecule has 34 heavy (non-hydrogen) atoms. The van der Waals surface area contributed by atoms with Gasteiger partial charge in [0.15, 0.2) is 0 Å². The average molecular weight is 451 g/mol. The average Bonchev–Trinajstić information content (AvgIpc) is 2.85. The third kappa shape index (κ3) is 4.57. The molecular formula is C26H22N6O2. The first-order valence-electron chi connectivity index (χ1n) is 10.7. The number of fused-ring (bicyclic) bond motifs is 1. The minimum Gasteiger partial charge on any atom is -0.438 e. The molecule has 1 aliphatic heterocycles. The second kappa shape index (κ2) is 9.43. The number of ether oxygens (including phenoxy) is 1. The molecule has 0 radical (unpaired) electrons. The van der Waals surface area contributed by atoms with E-state index in [1.807, 2.05) is 13.8 Å². The van der Waals surface area contributed by atoms with Gasteiger partial charge in [-0.25, -0.2) is 4.98 Å². The molecule has 4 rings (SSSR count). The molecule has 1 N–H and O–H groups in total. The number of nitrogens with one attached hydrogen (secondary N) is 1. The van der Waals surface area contributed by atoms with Crippen molar-refractivity contribution in [3.8, 4) is 23.8 Å². The normalized spacial score (nSPS) is 12.2. The van der Waals surface area contributed by atoms with Gasteiger partial charge in [-0.2, -0.15) is 15.5 Å². The van der Waals surface area contributed by atoms with Crippen LogP contribution in [0.4, 0.5) is 11.6 Å². The molecule has 168 valence electrons. The van der Waals surface area contributed by atoms with Crippen molar-refractivity contribution in [3.63, 3.8) is 0 Å². The first-order chi connectivity index (χ1) is 16.4. The Morgan fingerprint density at radius 3 is 2.41 bits per heavy atom. The number of rotatable bonds is 5. The summed E-state index contributed by atoms with van der Waals surface area (Å²) in [6.07, 6.45) is 1.84. The molecule has 8 heteroatoms. The number of benzene rings is 2. The summed E-state index contributed by atoms with van der Waals surface area (Å²) >= 11 is 0. The highest BCUT2D eigenvalue weighted by atomic mass is 16.5. The molecule has 0 aliphatic carbocycles. The Balaban J connectivity index is 1.75. The quantitative estimate of drug-likeness (QED) is 0.571. The number of hydrogen-bond acceptors (Lipinski definition) is 7. The first-order valence-corrected chi connectivity index (χ1v) is 10.7.